The first-order valence-corrected chi connectivity index (χ1v) is 12.6. The molecule has 1 aliphatic rings. The van der Waals surface area contributed by atoms with Crippen LogP contribution < -0.4 is 5.43 Å². The van der Waals surface area contributed by atoms with E-state index in [1.165, 1.54) is 24.3 Å². The maximum absolute atomic E-state index is 13.6. The minimum Gasteiger partial charge on any atom is -0.274 e. The van der Waals surface area contributed by atoms with E-state index in [2.05, 4.69) is 18.1 Å². The highest BCUT2D eigenvalue weighted by atomic mass is 32.2. The lowest BCUT2D eigenvalue weighted by atomic mass is 10.2. The zero-order valence-corrected chi connectivity index (χ0v) is 19.3. The summed E-state index contributed by atoms with van der Waals surface area (Å²) in [6.45, 7) is 1.73. The molecule has 2 atom stereocenters. The zero-order valence-electron chi connectivity index (χ0n) is 16.8. The largest absolute Gasteiger partial charge is 0.274 e. The van der Waals surface area contributed by atoms with Gasteiger partial charge in [0.1, 0.15) is 11.9 Å². The molecule has 1 saturated heterocycles. The van der Waals surface area contributed by atoms with Gasteiger partial charge in [0, 0.05) is 18.8 Å². The van der Waals surface area contributed by atoms with Gasteiger partial charge in [-0.2, -0.15) is 16.9 Å². The van der Waals surface area contributed by atoms with Crippen molar-refractivity contribution in [2.24, 2.45) is 0 Å². The highest BCUT2D eigenvalue weighted by molar-refractivity contribution is 7.89. The van der Waals surface area contributed by atoms with E-state index in [9.17, 15) is 26.0 Å². The second-order valence-corrected chi connectivity index (χ2v) is 11.8. The lowest BCUT2D eigenvalue weighted by Crippen LogP contribution is -2.52. The number of hydrazine groups is 1. The summed E-state index contributed by atoms with van der Waals surface area (Å²) in [4.78, 5) is 12.5. The fourth-order valence-electron chi connectivity index (χ4n) is 3.21. The van der Waals surface area contributed by atoms with Crippen molar-refractivity contribution in [3.05, 3.63) is 59.9 Å². The third-order valence-corrected chi connectivity index (χ3v) is 8.81. The van der Waals surface area contributed by atoms with E-state index in [-0.39, 0.29) is 22.8 Å². The maximum atomic E-state index is 13.6. The van der Waals surface area contributed by atoms with Gasteiger partial charge < -0.3 is 0 Å². The van der Waals surface area contributed by atoms with Crippen LogP contribution in [0.2, 0.25) is 0 Å². The molecular formula is C19H22FN3O5S3. The smallest absolute Gasteiger partial charge is 0.259 e. The Bertz CT molecular complexity index is 1190. The lowest BCUT2D eigenvalue weighted by molar-refractivity contribution is -0.126. The summed E-state index contributed by atoms with van der Waals surface area (Å²) in [6, 6.07) is 9.33. The van der Waals surface area contributed by atoms with Crippen molar-refractivity contribution in [2.75, 3.05) is 13.6 Å². The number of sulfonamides is 2. The minimum absolute atomic E-state index is 0.0244. The Balaban J connectivity index is 1.83. The highest BCUT2D eigenvalue weighted by Gasteiger charge is 2.43. The number of nitrogens with zero attached hydrogens (tertiary/aromatic N) is 2. The van der Waals surface area contributed by atoms with Crippen molar-refractivity contribution in [1.82, 2.24) is 14.1 Å². The first-order valence-electron chi connectivity index (χ1n) is 9.24. The van der Waals surface area contributed by atoms with Crippen molar-refractivity contribution in [1.29, 1.82) is 0 Å². The molecule has 2 aromatic rings. The second kappa shape index (κ2) is 8.87. The summed E-state index contributed by atoms with van der Waals surface area (Å²) in [5, 5.41) is -0.446. The summed E-state index contributed by atoms with van der Waals surface area (Å²) < 4.78 is 66.6. The fourth-order valence-corrected chi connectivity index (χ4v) is 6.38. The van der Waals surface area contributed by atoms with Gasteiger partial charge in [0.15, 0.2) is 0 Å². The first kappa shape index (κ1) is 23.7. The van der Waals surface area contributed by atoms with Gasteiger partial charge in [-0.05, 0) is 43.7 Å². The van der Waals surface area contributed by atoms with Crippen LogP contribution in [0.15, 0.2) is 58.3 Å². The molecule has 1 fully saturated rings. The summed E-state index contributed by atoms with van der Waals surface area (Å²) in [6.07, 6.45) is 0.0713. The van der Waals surface area contributed by atoms with E-state index >= 15 is 0 Å². The van der Waals surface area contributed by atoms with Crippen LogP contribution in [0.1, 0.15) is 12.0 Å². The average molecular weight is 488 g/mol. The number of carbonyl (C=O) groups is 1. The van der Waals surface area contributed by atoms with Crippen molar-refractivity contribution in [3.63, 3.8) is 0 Å². The topological polar surface area (TPSA) is 104 Å². The number of amides is 1. The number of halogens is 1. The van der Waals surface area contributed by atoms with Crippen molar-refractivity contribution < 1.29 is 26.0 Å². The zero-order chi connectivity index (χ0) is 23.0. The van der Waals surface area contributed by atoms with E-state index < -0.39 is 43.1 Å². The quantitative estimate of drug-likeness (QED) is 0.475. The van der Waals surface area contributed by atoms with Crippen LogP contribution in [0.4, 0.5) is 4.39 Å². The van der Waals surface area contributed by atoms with Crippen LogP contribution in [0.25, 0.3) is 0 Å². The van der Waals surface area contributed by atoms with Gasteiger partial charge in [0.2, 0.25) is 10.0 Å². The normalized spacial score (nSPS) is 20.2. The Kier molecular flexibility index (Phi) is 6.77. The summed E-state index contributed by atoms with van der Waals surface area (Å²) in [7, 11) is -7.08. The molecule has 8 nitrogen and oxygen atoms in total. The molecule has 0 radical (unpaired) electrons. The molecule has 0 unspecified atom stereocenters. The van der Waals surface area contributed by atoms with E-state index in [1.807, 2.05) is 6.92 Å². The molecule has 0 aliphatic carbocycles. The van der Waals surface area contributed by atoms with Crippen molar-refractivity contribution in [3.8, 4) is 0 Å². The van der Waals surface area contributed by atoms with Gasteiger partial charge in [-0.3, -0.25) is 10.2 Å². The predicted octanol–water partition coefficient (Wildman–Crippen LogP) is 1.55. The van der Waals surface area contributed by atoms with Gasteiger partial charge in [0.05, 0.1) is 9.79 Å². The van der Waals surface area contributed by atoms with E-state index in [0.29, 0.717) is 4.41 Å². The molecule has 168 valence electrons. The van der Waals surface area contributed by atoms with Crippen LogP contribution in [-0.4, -0.2) is 56.3 Å². The standard InChI is InChI=1S/C19H22FN3O5S3/c1-13-6-8-16(9-7-13)30(25,26)22(2)21-19(24)18-11-15(29)12-23(18)31(27,28)17-5-3-4-14(20)10-17/h3-10,15,18,29H,11-12H2,1-2H3,(H,21,24)/t15-,18+/m1/s1. The predicted molar refractivity (Wildman–Crippen MR) is 116 cm³/mol. The highest BCUT2D eigenvalue weighted by Crippen LogP contribution is 2.29. The number of aryl methyl sites for hydroxylation is 1. The van der Waals surface area contributed by atoms with Crippen LogP contribution in [-0.2, 0) is 24.8 Å². The first-order chi connectivity index (χ1) is 14.4. The maximum Gasteiger partial charge on any atom is 0.259 e. The molecule has 12 heteroatoms. The molecule has 1 heterocycles. The van der Waals surface area contributed by atoms with Crippen LogP contribution >= 0.6 is 12.6 Å². The molecule has 0 bridgehead atoms. The fraction of sp³-hybridized carbons (Fsp3) is 0.316. The van der Waals surface area contributed by atoms with Crippen LogP contribution in [0, 0.1) is 12.7 Å². The van der Waals surface area contributed by atoms with Gasteiger partial charge in [-0.1, -0.05) is 23.8 Å². The molecule has 1 N–H and O–H groups in total. The van der Waals surface area contributed by atoms with E-state index in [1.54, 1.807) is 12.1 Å². The summed E-state index contributed by atoms with van der Waals surface area (Å²) in [5.74, 6) is -1.55. The number of thiol groups is 1. The number of rotatable bonds is 6. The number of carbonyl (C=O) groups excluding carboxylic acids is 1. The molecule has 2 aromatic carbocycles. The molecule has 0 spiro atoms. The molecule has 0 aromatic heterocycles. The van der Waals surface area contributed by atoms with Gasteiger partial charge in [0.25, 0.3) is 15.9 Å². The molecule has 1 amide bonds. The van der Waals surface area contributed by atoms with Crippen molar-refractivity contribution >= 4 is 38.6 Å². The second-order valence-electron chi connectivity index (χ2n) is 7.20. The monoisotopic (exact) mass is 487 g/mol. The Labute approximate surface area is 186 Å². The van der Waals surface area contributed by atoms with Gasteiger partial charge in [-0.25, -0.2) is 21.2 Å². The molecule has 3 rings (SSSR count). The third-order valence-electron chi connectivity index (χ3n) is 4.89. The molecular weight excluding hydrogens is 465 g/mol. The van der Waals surface area contributed by atoms with Crippen LogP contribution in [0.5, 0.6) is 0 Å². The number of nitrogens with one attached hydrogen (secondary N) is 1. The Morgan fingerprint density at radius 3 is 2.39 bits per heavy atom. The third kappa shape index (κ3) is 4.93. The lowest BCUT2D eigenvalue weighted by Gasteiger charge is -2.25. The Morgan fingerprint density at radius 1 is 1.13 bits per heavy atom. The van der Waals surface area contributed by atoms with Gasteiger partial charge in [-0.15, -0.1) is 4.41 Å². The summed E-state index contributed by atoms with van der Waals surface area (Å²) in [5.41, 5.74) is 3.12. The number of hydrogen-bond donors (Lipinski definition) is 2. The van der Waals surface area contributed by atoms with Crippen molar-refractivity contribution in [2.45, 2.75) is 34.4 Å². The van der Waals surface area contributed by atoms with Gasteiger partial charge >= 0.3 is 0 Å². The Morgan fingerprint density at radius 2 is 1.77 bits per heavy atom. The van der Waals surface area contributed by atoms with Crippen LogP contribution in [0.3, 0.4) is 0 Å². The molecule has 31 heavy (non-hydrogen) atoms. The Hall–Kier alpha value is -1.99. The molecule has 0 saturated carbocycles. The number of hydrogen-bond acceptors (Lipinski definition) is 6. The van der Waals surface area contributed by atoms with E-state index in [0.717, 1.165) is 29.0 Å². The summed E-state index contributed by atoms with van der Waals surface area (Å²) >= 11 is 4.29. The van der Waals surface area contributed by atoms with E-state index in [4.69, 9.17) is 0 Å². The molecule has 1 aliphatic heterocycles. The number of benzene rings is 2. The minimum atomic E-state index is -4.20. The average Bonchev–Trinajstić information content (AvgIpc) is 3.11. The SMILES string of the molecule is Cc1ccc(S(=O)(=O)N(C)NC(=O)[C@@H]2C[C@@H](S)CN2S(=O)(=O)c2cccc(F)c2)cc1.